The highest BCUT2D eigenvalue weighted by Gasteiger charge is 2.14. The van der Waals surface area contributed by atoms with E-state index >= 15 is 0 Å². The van der Waals surface area contributed by atoms with Crippen molar-refractivity contribution in [3.05, 3.63) is 47.5 Å². The van der Waals surface area contributed by atoms with Gasteiger partial charge in [0.15, 0.2) is 0 Å². The summed E-state index contributed by atoms with van der Waals surface area (Å²) in [5, 5.41) is 25.1. The van der Waals surface area contributed by atoms with Crippen molar-refractivity contribution in [1.82, 2.24) is 0 Å². The second-order valence-corrected chi connectivity index (χ2v) is 5.39. The molecular formula is C17H24N4O2. The second kappa shape index (κ2) is 7.71. The molecule has 6 nitrogen and oxygen atoms in total. The van der Waals surface area contributed by atoms with E-state index in [4.69, 9.17) is 16.6 Å². The van der Waals surface area contributed by atoms with Crippen LogP contribution in [0.3, 0.4) is 0 Å². The summed E-state index contributed by atoms with van der Waals surface area (Å²) in [5.74, 6) is 0. The lowest BCUT2D eigenvalue weighted by Crippen LogP contribution is -2.11. The normalized spacial score (nSPS) is 12.0. The SMILES string of the molecule is CC(O)c1c(N)ccc(N)c1CNc1ccc(NCCO)cc1. The Hall–Kier alpha value is -2.44. The Bertz CT molecular complexity index is 642. The molecule has 1 atom stereocenters. The van der Waals surface area contributed by atoms with Crippen LogP contribution in [0.25, 0.3) is 0 Å². The lowest BCUT2D eigenvalue weighted by atomic mass is 9.99. The fourth-order valence-corrected chi connectivity index (χ4v) is 2.49. The van der Waals surface area contributed by atoms with Gasteiger partial charge in [-0.15, -0.1) is 0 Å². The molecule has 2 rings (SSSR count). The van der Waals surface area contributed by atoms with Crippen LogP contribution in [0.1, 0.15) is 24.2 Å². The lowest BCUT2D eigenvalue weighted by molar-refractivity contribution is 0.199. The van der Waals surface area contributed by atoms with Gasteiger partial charge >= 0.3 is 0 Å². The van der Waals surface area contributed by atoms with E-state index in [0.29, 0.717) is 30.0 Å². The van der Waals surface area contributed by atoms with Crippen molar-refractivity contribution in [2.75, 3.05) is 35.3 Å². The number of benzene rings is 2. The van der Waals surface area contributed by atoms with Gasteiger partial charge in [-0.05, 0) is 43.3 Å². The number of aliphatic hydroxyl groups is 2. The highest BCUT2D eigenvalue weighted by molar-refractivity contribution is 5.64. The van der Waals surface area contributed by atoms with Gasteiger partial charge in [0.1, 0.15) is 0 Å². The van der Waals surface area contributed by atoms with E-state index in [1.807, 2.05) is 24.3 Å². The van der Waals surface area contributed by atoms with Crippen LogP contribution in [0.2, 0.25) is 0 Å². The van der Waals surface area contributed by atoms with Gasteiger partial charge in [-0.3, -0.25) is 0 Å². The third-order valence-electron chi connectivity index (χ3n) is 3.64. The van der Waals surface area contributed by atoms with Crippen molar-refractivity contribution in [3.63, 3.8) is 0 Å². The zero-order valence-corrected chi connectivity index (χ0v) is 13.2. The van der Waals surface area contributed by atoms with Crippen molar-refractivity contribution >= 4 is 22.7 Å². The van der Waals surface area contributed by atoms with E-state index in [1.54, 1.807) is 19.1 Å². The van der Waals surface area contributed by atoms with Gasteiger partial charge in [0.05, 0.1) is 12.7 Å². The molecule has 0 heterocycles. The van der Waals surface area contributed by atoms with Crippen LogP contribution in [0, 0.1) is 0 Å². The average molecular weight is 316 g/mol. The van der Waals surface area contributed by atoms with E-state index in [9.17, 15) is 5.11 Å². The van der Waals surface area contributed by atoms with Crippen LogP contribution in [-0.2, 0) is 6.54 Å². The van der Waals surface area contributed by atoms with Crippen LogP contribution in [0.4, 0.5) is 22.7 Å². The minimum absolute atomic E-state index is 0.0941. The quantitative estimate of drug-likeness (QED) is 0.435. The molecule has 0 aliphatic heterocycles. The van der Waals surface area contributed by atoms with Crippen molar-refractivity contribution in [2.45, 2.75) is 19.6 Å². The molecule has 1 unspecified atom stereocenters. The predicted molar refractivity (Wildman–Crippen MR) is 95.2 cm³/mol. The van der Waals surface area contributed by atoms with E-state index < -0.39 is 6.10 Å². The fourth-order valence-electron chi connectivity index (χ4n) is 2.49. The number of nitrogen functional groups attached to an aromatic ring is 2. The summed E-state index contributed by atoms with van der Waals surface area (Å²) in [6.45, 7) is 2.76. The van der Waals surface area contributed by atoms with E-state index in [1.165, 1.54) is 0 Å². The van der Waals surface area contributed by atoms with Crippen LogP contribution in [0.15, 0.2) is 36.4 Å². The first-order valence-corrected chi connectivity index (χ1v) is 7.56. The van der Waals surface area contributed by atoms with Gasteiger partial charge in [-0.2, -0.15) is 0 Å². The molecule has 124 valence electrons. The number of nitrogens with two attached hydrogens (primary N) is 2. The molecule has 0 amide bonds. The molecule has 0 saturated carbocycles. The summed E-state index contributed by atoms with van der Waals surface area (Å²) in [5.41, 5.74) is 16.5. The maximum absolute atomic E-state index is 9.93. The first kappa shape index (κ1) is 16.9. The van der Waals surface area contributed by atoms with Crippen LogP contribution in [-0.4, -0.2) is 23.4 Å². The summed E-state index contributed by atoms with van der Waals surface area (Å²) < 4.78 is 0. The van der Waals surface area contributed by atoms with Gasteiger partial charge in [0.2, 0.25) is 0 Å². The molecule has 0 bridgehead atoms. The molecule has 0 aliphatic rings. The lowest BCUT2D eigenvalue weighted by Gasteiger charge is -2.18. The maximum Gasteiger partial charge on any atom is 0.0786 e. The molecule has 0 aromatic heterocycles. The monoisotopic (exact) mass is 316 g/mol. The Morgan fingerprint density at radius 1 is 0.957 bits per heavy atom. The van der Waals surface area contributed by atoms with Gasteiger partial charge in [-0.1, -0.05) is 0 Å². The predicted octanol–water partition coefficient (Wildman–Crippen LogP) is 1.92. The third-order valence-corrected chi connectivity index (χ3v) is 3.64. The molecule has 0 aliphatic carbocycles. The third kappa shape index (κ3) is 4.28. The Kier molecular flexibility index (Phi) is 5.67. The number of anilines is 4. The highest BCUT2D eigenvalue weighted by Crippen LogP contribution is 2.29. The molecule has 6 heteroatoms. The first-order valence-electron chi connectivity index (χ1n) is 7.56. The molecule has 0 saturated heterocycles. The number of rotatable bonds is 7. The first-order chi connectivity index (χ1) is 11.0. The average Bonchev–Trinajstić information content (AvgIpc) is 2.54. The topological polar surface area (TPSA) is 117 Å². The van der Waals surface area contributed by atoms with Gasteiger partial charge in [0, 0.05) is 47.0 Å². The van der Waals surface area contributed by atoms with Gasteiger partial charge < -0.3 is 32.3 Å². The summed E-state index contributed by atoms with van der Waals surface area (Å²) in [7, 11) is 0. The zero-order valence-electron chi connectivity index (χ0n) is 13.2. The molecule has 23 heavy (non-hydrogen) atoms. The van der Waals surface area contributed by atoms with Crippen molar-refractivity contribution in [2.24, 2.45) is 0 Å². The molecule has 0 radical (unpaired) electrons. The summed E-state index contributed by atoms with van der Waals surface area (Å²) in [6, 6.07) is 11.2. The second-order valence-electron chi connectivity index (χ2n) is 5.39. The smallest absolute Gasteiger partial charge is 0.0786 e. The van der Waals surface area contributed by atoms with Gasteiger partial charge in [0.25, 0.3) is 0 Å². The van der Waals surface area contributed by atoms with E-state index in [-0.39, 0.29) is 6.61 Å². The minimum Gasteiger partial charge on any atom is -0.398 e. The standard InChI is InChI=1S/C17H24N4O2/c1-11(23)17-14(15(18)6-7-16(17)19)10-21-13-4-2-12(3-5-13)20-8-9-22/h2-7,11,20-23H,8-10,18-19H2,1H3. The summed E-state index contributed by atoms with van der Waals surface area (Å²) >= 11 is 0. The number of hydrogen-bond donors (Lipinski definition) is 6. The highest BCUT2D eigenvalue weighted by atomic mass is 16.3. The Labute approximate surface area is 136 Å². The summed E-state index contributed by atoms with van der Waals surface area (Å²) in [4.78, 5) is 0. The van der Waals surface area contributed by atoms with E-state index in [2.05, 4.69) is 10.6 Å². The number of hydrogen-bond acceptors (Lipinski definition) is 6. The maximum atomic E-state index is 9.93. The fraction of sp³-hybridized carbons (Fsp3) is 0.294. The van der Waals surface area contributed by atoms with Crippen LogP contribution < -0.4 is 22.1 Å². The summed E-state index contributed by atoms with van der Waals surface area (Å²) in [6.07, 6.45) is -0.680. The van der Waals surface area contributed by atoms with Gasteiger partial charge in [-0.25, -0.2) is 0 Å². The van der Waals surface area contributed by atoms with E-state index in [0.717, 1.165) is 16.9 Å². The Morgan fingerprint density at radius 2 is 1.52 bits per heavy atom. The Morgan fingerprint density at radius 3 is 2.09 bits per heavy atom. The molecule has 2 aromatic carbocycles. The zero-order chi connectivity index (χ0) is 16.8. The van der Waals surface area contributed by atoms with Crippen LogP contribution >= 0.6 is 0 Å². The molecular weight excluding hydrogens is 292 g/mol. The minimum atomic E-state index is -0.680. The van der Waals surface area contributed by atoms with Crippen molar-refractivity contribution in [1.29, 1.82) is 0 Å². The Balaban J connectivity index is 2.10. The molecule has 2 aromatic rings. The van der Waals surface area contributed by atoms with Crippen LogP contribution in [0.5, 0.6) is 0 Å². The largest absolute Gasteiger partial charge is 0.398 e. The molecule has 0 fully saturated rings. The number of nitrogens with one attached hydrogen (secondary N) is 2. The van der Waals surface area contributed by atoms with Crippen molar-refractivity contribution in [3.8, 4) is 0 Å². The van der Waals surface area contributed by atoms with Crippen molar-refractivity contribution < 1.29 is 10.2 Å². The molecule has 8 N–H and O–H groups in total. The molecule has 0 spiro atoms. The number of aliphatic hydroxyl groups excluding tert-OH is 2.